The summed E-state index contributed by atoms with van der Waals surface area (Å²) < 4.78 is 5.02. The van der Waals surface area contributed by atoms with Crippen molar-refractivity contribution < 1.29 is 14.3 Å². The maximum atomic E-state index is 12.8. The van der Waals surface area contributed by atoms with E-state index in [1.54, 1.807) is 12.0 Å². The molecule has 2 aromatic rings. The third kappa shape index (κ3) is 4.98. The Balaban J connectivity index is 1.71. The zero-order valence-corrected chi connectivity index (χ0v) is 16.6. The Kier molecular flexibility index (Phi) is 6.82. The fourth-order valence-corrected chi connectivity index (χ4v) is 3.60. The molecule has 1 unspecified atom stereocenters. The summed E-state index contributed by atoms with van der Waals surface area (Å²) in [6.07, 6.45) is 0.985. The SMILES string of the molecule is COCCC(=O)N1CCN(C)C(=O)C(Cc2ccc(-c3ccccc3)cc2)C1. The molecule has 2 amide bonds. The van der Waals surface area contributed by atoms with Crippen LogP contribution in [0.25, 0.3) is 11.1 Å². The summed E-state index contributed by atoms with van der Waals surface area (Å²) in [7, 11) is 3.41. The predicted octanol–water partition coefficient (Wildman–Crippen LogP) is 2.85. The number of nitrogens with zero attached hydrogens (tertiary/aromatic N) is 2. The van der Waals surface area contributed by atoms with E-state index in [0.717, 1.165) is 11.1 Å². The van der Waals surface area contributed by atoms with Crippen molar-refractivity contribution in [3.8, 4) is 11.1 Å². The van der Waals surface area contributed by atoms with Crippen LogP contribution in [0.2, 0.25) is 0 Å². The van der Waals surface area contributed by atoms with Gasteiger partial charge in [-0.05, 0) is 23.1 Å². The van der Waals surface area contributed by atoms with Gasteiger partial charge < -0.3 is 14.5 Å². The van der Waals surface area contributed by atoms with E-state index >= 15 is 0 Å². The molecule has 0 saturated carbocycles. The van der Waals surface area contributed by atoms with Crippen LogP contribution in [-0.2, 0) is 20.7 Å². The number of methoxy groups -OCH3 is 1. The molecule has 1 saturated heterocycles. The topological polar surface area (TPSA) is 49.9 Å². The second kappa shape index (κ2) is 9.51. The number of hydrogen-bond donors (Lipinski definition) is 0. The van der Waals surface area contributed by atoms with E-state index in [-0.39, 0.29) is 17.7 Å². The van der Waals surface area contributed by atoms with Crippen molar-refractivity contribution in [2.45, 2.75) is 12.8 Å². The van der Waals surface area contributed by atoms with Gasteiger partial charge in [0.15, 0.2) is 0 Å². The van der Waals surface area contributed by atoms with Crippen LogP contribution in [0.5, 0.6) is 0 Å². The van der Waals surface area contributed by atoms with Crippen LogP contribution in [0.4, 0.5) is 0 Å². The predicted molar refractivity (Wildman–Crippen MR) is 110 cm³/mol. The summed E-state index contributed by atoms with van der Waals surface area (Å²) in [6, 6.07) is 18.6. The summed E-state index contributed by atoms with van der Waals surface area (Å²) in [5.41, 5.74) is 3.44. The minimum atomic E-state index is -0.221. The van der Waals surface area contributed by atoms with Gasteiger partial charge in [0.2, 0.25) is 11.8 Å². The molecule has 0 spiro atoms. The Hall–Kier alpha value is -2.66. The molecule has 3 rings (SSSR count). The van der Waals surface area contributed by atoms with E-state index in [2.05, 4.69) is 36.4 Å². The van der Waals surface area contributed by atoms with Gasteiger partial charge in [0, 0.05) is 33.8 Å². The van der Waals surface area contributed by atoms with Gasteiger partial charge in [-0.3, -0.25) is 9.59 Å². The lowest BCUT2D eigenvalue weighted by molar-refractivity contribution is -0.134. The lowest BCUT2D eigenvalue weighted by atomic mass is 9.95. The van der Waals surface area contributed by atoms with Crippen LogP contribution >= 0.6 is 0 Å². The molecule has 2 aromatic carbocycles. The highest BCUT2D eigenvalue weighted by Gasteiger charge is 2.30. The molecule has 0 aliphatic carbocycles. The number of carbonyl (C=O) groups is 2. The zero-order chi connectivity index (χ0) is 19.9. The monoisotopic (exact) mass is 380 g/mol. The molecule has 0 bridgehead atoms. The minimum Gasteiger partial charge on any atom is -0.384 e. The highest BCUT2D eigenvalue weighted by molar-refractivity contribution is 5.82. The number of carbonyl (C=O) groups excluding carboxylic acids is 2. The van der Waals surface area contributed by atoms with Crippen LogP contribution in [0.15, 0.2) is 54.6 Å². The second-order valence-electron chi connectivity index (χ2n) is 7.31. The lowest BCUT2D eigenvalue weighted by Gasteiger charge is -2.23. The standard InChI is InChI=1S/C23H28N2O3/c1-24-13-14-25(22(26)12-15-28-2)17-21(23(24)27)16-18-8-10-20(11-9-18)19-6-4-3-5-7-19/h3-11,21H,12-17H2,1-2H3. The molecular formula is C23H28N2O3. The van der Waals surface area contributed by atoms with E-state index in [1.807, 2.05) is 30.1 Å². The van der Waals surface area contributed by atoms with Crippen LogP contribution < -0.4 is 0 Å². The van der Waals surface area contributed by atoms with Crippen LogP contribution in [0.3, 0.4) is 0 Å². The summed E-state index contributed by atoms with van der Waals surface area (Å²) in [5.74, 6) is -0.0647. The number of ether oxygens (including phenoxy) is 1. The highest BCUT2D eigenvalue weighted by Crippen LogP contribution is 2.22. The van der Waals surface area contributed by atoms with Crippen molar-refractivity contribution in [2.24, 2.45) is 5.92 Å². The molecule has 28 heavy (non-hydrogen) atoms. The van der Waals surface area contributed by atoms with Crippen LogP contribution in [-0.4, -0.2) is 62.0 Å². The van der Waals surface area contributed by atoms with Crippen molar-refractivity contribution in [3.05, 3.63) is 60.2 Å². The summed E-state index contributed by atoms with van der Waals surface area (Å²) in [5, 5.41) is 0. The normalized spacial score (nSPS) is 17.5. The lowest BCUT2D eigenvalue weighted by Crippen LogP contribution is -2.37. The second-order valence-corrected chi connectivity index (χ2v) is 7.31. The maximum Gasteiger partial charge on any atom is 0.227 e. The van der Waals surface area contributed by atoms with Crippen molar-refractivity contribution in [1.82, 2.24) is 9.80 Å². The maximum absolute atomic E-state index is 12.8. The minimum absolute atomic E-state index is 0.0503. The third-order valence-corrected chi connectivity index (χ3v) is 5.29. The van der Waals surface area contributed by atoms with Crippen molar-refractivity contribution in [3.63, 3.8) is 0 Å². The number of likely N-dealkylation sites (N-methyl/N-ethyl adjacent to an activating group) is 1. The third-order valence-electron chi connectivity index (χ3n) is 5.29. The average molecular weight is 380 g/mol. The molecule has 1 aliphatic rings. The van der Waals surface area contributed by atoms with Gasteiger partial charge in [-0.2, -0.15) is 0 Å². The van der Waals surface area contributed by atoms with Gasteiger partial charge in [0.1, 0.15) is 0 Å². The summed E-state index contributed by atoms with van der Waals surface area (Å²) in [6.45, 7) is 2.02. The van der Waals surface area contributed by atoms with E-state index in [0.29, 0.717) is 39.1 Å². The van der Waals surface area contributed by atoms with Crippen molar-refractivity contribution in [2.75, 3.05) is 40.4 Å². The molecule has 5 heteroatoms. The van der Waals surface area contributed by atoms with Gasteiger partial charge in [0.05, 0.1) is 18.9 Å². The van der Waals surface area contributed by atoms with Gasteiger partial charge >= 0.3 is 0 Å². The first-order valence-corrected chi connectivity index (χ1v) is 9.74. The fraction of sp³-hybridized carbons (Fsp3) is 0.391. The molecule has 1 aliphatic heterocycles. The first-order valence-electron chi connectivity index (χ1n) is 9.74. The average Bonchev–Trinajstić information content (AvgIpc) is 2.87. The Morgan fingerprint density at radius 1 is 1.04 bits per heavy atom. The van der Waals surface area contributed by atoms with E-state index in [1.165, 1.54) is 5.56 Å². The Morgan fingerprint density at radius 3 is 2.39 bits per heavy atom. The fourth-order valence-electron chi connectivity index (χ4n) is 3.60. The van der Waals surface area contributed by atoms with E-state index < -0.39 is 0 Å². The van der Waals surface area contributed by atoms with Gasteiger partial charge in [0.25, 0.3) is 0 Å². The van der Waals surface area contributed by atoms with E-state index in [4.69, 9.17) is 4.74 Å². The van der Waals surface area contributed by atoms with E-state index in [9.17, 15) is 9.59 Å². The number of benzene rings is 2. The summed E-state index contributed by atoms with van der Waals surface area (Å²) in [4.78, 5) is 28.8. The first kappa shape index (κ1) is 20.1. The van der Waals surface area contributed by atoms with Gasteiger partial charge in [-0.15, -0.1) is 0 Å². The van der Waals surface area contributed by atoms with Crippen molar-refractivity contribution in [1.29, 1.82) is 0 Å². The largest absolute Gasteiger partial charge is 0.384 e. The molecule has 1 atom stereocenters. The Morgan fingerprint density at radius 2 is 1.71 bits per heavy atom. The molecule has 148 valence electrons. The quantitative estimate of drug-likeness (QED) is 0.774. The first-order chi connectivity index (χ1) is 13.6. The molecular weight excluding hydrogens is 352 g/mol. The van der Waals surface area contributed by atoms with Gasteiger partial charge in [-0.25, -0.2) is 0 Å². The van der Waals surface area contributed by atoms with Crippen LogP contribution in [0, 0.1) is 5.92 Å². The number of amides is 2. The molecule has 5 nitrogen and oxygen atoms in total. The molecule has 1 heterocycles. The molecule has 1 fully saturated rings. The van der Waals surface area contributed by atoms with Gasteiger partial charge in [-0.1, -0.05) is 54.6 Å². The Bertz CT molecular complexity index is 789. The Labute approximate surface area is 166 Å². The van der Waals surface area contributed by atoms with Crippen LogP contribution in [0.1, 0.15) is 12.0 Å². The zero-order valence-electron chi connectivity index (χ0n) is 16.6. The smallest absolute Gasteiger partial charge is 0.227 e. The molecule has 0 N–H and O–H groups in total. The highest BCUT2D eigenvalue weighted by atomic mass is 16.5. The summed E-state index contributed by atoms with van der Waals surface area (Å²) >= 11 is 0. The van der Waals surface area contributed by atoms with Crippen molar-refractivity contribution >= 4 is 11.8 Å². The molecule has 0 radical (unpaired) electrons. The number of rotatable bonds is 6. The number of hydrogen-bond acceptors (Lipinski definition) is 3. The molecule has 0 aromatic heterocycles.